The van der Waals surface area contributed by atoms with Crippen molar-refractivity contribution in [2.45, 2.75) is 46.5 Å². The fourth-order valence-corrected chi connectivity index (χ4v) is 2.16. The Morgan fingerprint density at radius 1 is 1.05 bits per heavy atom. The Morgan fingerprint density at radius 3 is 2.29 bits per heavy atom. The van der Waals surface area contributed by atoms with Gasteiger partial charge in [0.05, 0.1) is 0 Å². The molecule has 1 aromatic heterocycles. The topological polar surface area (TPSA) is 37.8 Å². The highest BCUT2D eigenvalue weighted by atomic mass is 15.0. The van der Waals surface area contributed by atoms with Crippen molar-refractivity contribution in [2.24, 2.45) is 0 Å². The smallest absolute Gasteiger partial charge is 0.161 e. The molecule has 2 rings (SSSR count). The van der Waals surface area contributed by atoms with E-state index in [1.807, 2.05) is 13.0 Å². The molecule has 21 heavy (non-hydrogen) atoms. The van der Waals surface area contributed by atoms with Crippen molar-refractivity contribution in [3.63, 3.8) is 0 Å². The van der Waals surface area contributed by atoms with Gasteiger partial charge in [0, 0.05) is 23.9 Å². The molecule has 0 atom stereocenters. The fourth-order valence-electron chi connectivity index (χ4n) is 2.16. The van der Waals surface area contributed by atoms with Crippen molar-refractivity contribution < 1.29 is 0 Å². The Morgan fingerprint density at radius 2 is 1.71 bits per heavy atom. The lowest BCUT2D eigenvalue weighted by Gasteiger charge is -2.19. The van der Waals surface area contributed by atoms with Gasteiger partial charge in [-0.25, -0.2) is 9.97 Å². The molecular weight excluding hydrogens is 258 g/mol. The summed E-state index contributed by atoms with van der Waals surface area (Å²) in [4.78, 5) is 9.16. The SMILES string of the molecule is CCCNc1cc(C)nc(-c2ccc(C(C)(C)C)cc2)n1. The Kier molecular flexibility index (Phi) is 4.61. The van der Waals surface area contributed by atoms with Crippen LogP contribution in [0, 0.1) is 6.92 Å². The van der Waals surface area contributed by atoms with E-state index in [0.717, 1.165) is 35.9 Å². The average Bonchev–Trinajstić information content (AvgIpc) is 2.44. The molecule has 1 aromatic carbocycles. The summed E-state index contributed by atoms with van der Waals surface area (Å²) in [6, 6.07) is 10.5. The third-order valence-corrected chi connectivity index (χ3v) is 3.42. The Hall–Kier alpha value is -1.90. The molecule has 0 spiro atoms. The molecule has 2 aromatic rings. The number of hydrogen-bond donors (Lipinski definition) is 1. The molecule has 112 valence electrons. The van der Waals surface area contributed by atoms with Crippen LogP contribution in [0.3, 0.4) is 0 Å². The Labute approximate surface area is 127 Å². The Bertz CT molecular complexity index is 595. The third kappa shape index (κ3) is 4.03. The van der Waals surface area contributed by atoms with Crippen LogP contribution in [0.2, 0.25) is 0 Å². The molecule has 0 amide bonds. The molecule has 3 heteroatoms. The van der Waals surface area contributed by atoms with Gasteiger partial charge in [-0.2, -0.15) is 0 Å². The lowest BCUT2D eigenvalue weighted by Crippen LogP contribution is -2.10. The van der Waals surface area contributed by atoms with Crippen LogP contribution >= 0.6 is 0 Å². The zero-order valence-electron chi connectivity index (χ0n) is 13.7. The summed E-state index contributed by atoms with van der Waals surface area (Å²) in [7, 11) is 0. The summed E-state index contributed by atoms with van der Waals surface area (Å²) < 4.78 is 0. The first-order valence-corrected chi connectivity index (χ1v) is 7.60. The molecule has 0 unspecified atom stereocenters. The van der Waals surface area contributed by atoms with Crippen LogP contribution in [0.25, 0.3) is 11.4 Å². The zero-order valence-corrected chi connectivity index (χ0v) is 13.7. The second-order valence-corrected chi connectivity index (χ2v) is 6.47. The highest BCUT2D eigenvalue weighted by molar-refractivity contribution is 5.58. The minimum Gasteiger partial charge on any atom is -0.370 e. The normalized spacial score (nSPS) is 11.5. The van der Waals surface area contributed by atoms with Crippen LogP contribution in [-0.2, 0) is 5.41 Å². The molecular formula is C18H25N3. The van der Waals surface area contributed by atoms with Gasteiger partial charge in [-0.05, 0) is 24.3 Å². The van der Waals surface area contributed by atoms with E-state index in [1.165, 1.54) is 5.56 Å². The molecule has 0 saturated carbocycles. The van der Waals surface area contributed by atoms with Crippen molar-refractivity contribution in [2.75, 3.05) is 11.9 Å². The average molecular weight is 283 g/mol. The van der Waals surface area contributed by atoms with Crippen LogP contribution < -0.4 is 5.32 Å². The largest absolute Gasteiger partial charge is 0.370 e. The van der Waals surface area contributed by atoms with E-state index in [0.29, 0.717) is 0 Å². The molecule has 3 nitrogen and oxygen atoms in total. The number of rotatable bonds is 4. The highest BCUT2D eigenvalue weighted by Gasteiger charge is 2.13. The number of benzene rings is 1. The van der Waals surface area contributed by atoms with Gasteiger partial charge in [0.25, 0.3) is 0 Å². The maximum atomic E-state index is 4.61. The Balaban J connectivity index is 2.31. The number of nitrogens with one attached hydrogen (secondary N) is 1. The van der Waals surface area contributed by atoms with E-state index in [9.17, 15) is 0 Å². The second kappa shape index (κ2) is 6.25. The van der Waals surface area contributed by atoms with Gasteiger partial charge in [0.2, 0.25) is 0 Å². The van der Waals surface area contributed by atoms with Gasteiger partial charge >= 0.3 is 0 Å². The summed E-state index contributed by atoms with van der Waals surface area (Å²) in [5.41, 5.74) is 3.54. The lowest BCUT2D eigenvalue weighted by atomic mass is 9.87. The van der Waals surface area contributed by atoms with Crippen molar-refractivity contribution in [1.29, 1.82) is 0 Å². The molecule has 0 aliphatic carbocycles. The quantitative estimate of drug-likeness (QED) is 0.893. The first-order valence-electron chi connectivity index (χ1n) is 7.60. The van der Waals surface area contributed by atoms with Crippen LogP contribution in [0.5, 0.6) is 0 Å². The van der Waals surface area contributed by atoms with E-state index in [4.69, 9.17) is 0 Å². The van der Waals surface area contributed by atoms with E-state index in [2.05, 4.69) is 67.2 Å². The van der Waals surface area contributed by atoms with Gasteiger partial charge in [0.15, 0.2) is 5.82 Å². The molecule has 0 saturated heterocycles. The van der Waals surface area contributed by atoms with E-state index in [-0.39, 0.29) is 5.41 Å². The molecule has 0 aliphatic heterocycles. The van der Waals surface area contributed by atoms with Crippen LogP contribution in [-0.4, -0.2) is 16.5 Å². The van der Waals surface area contributed by atoms with Gasteiger partial charge in [-0.1, -0.05) is 52.0 Å². The number of aryl methyl sites for hydroxylation is 1. The minimum absolute atomic E-state index is 0.167. The summed E-state index contributed by atoms with van der Waals surface area (Å²) >= 11 is 0. The summed E-state index contributed by atoms with van der Waals surface area (Å²) in [5.74, 6) is 1.69. The monoisotopic (exact) mass is 283 g/mol. The maximum Gasteiger partial charge on any atom is 0.161 e. The van der Waals surface area contributed by atoms with Crippen LogP contribution in [0.4, 0.5) is 5.82 Å². The fraction of sp³-hybridized carbons (Fsp3) is 0.444. The summed E-state index contributed by atoms with van der Waals surface area (Å²) in [5, 5.41) is 3.33. The van der Waals surface area contributed by atoms with Crippen molar-refractivity contribution >= 4 is 5.82 Å². The first-order chi connectivity index (χ1) is 9.90. The third-order valence-electron chi connectivity index (χ3n) is 3.42. The van der Waals surface area contributed by atoms with Crippen molar-refractivity contribution in [1.82, 2.24) is 9.97 Å². The standard InChI is InChI=1S/C18H25N3/c1-6-11-19-16-12-13(2)20-17(21-16)14-7-9-15(10-8-14)18(3,4)5/h7-10,12H,6,11H2,1-5H3,(H,19,20,21). The van der Waals surface area contributed by atoms with E-state index in [1.54, 1.807) is 0 Å². The lowest BCUT2D eigenvalue weighted by molar-refractivity contribution is 0.590. The summed E-state index contributed by atoms with van der Waals surface area (Å²) in [6.07, 6.45) is 1.08. The first kappa shape index (κ1) is 15.5. The van der Waals surface area contributed by atoms with Crippen LogP contribution in [0.15, 0.2) is 30.3 Å². The van der Waals surface area contributed by atoms with Gasteiger partial charge in [-0.15, -0.1) is 0 Å². The zero-order chi connectivity index (χ0) is 15.5. The number of aromatic nitrogens is 2. The number of hydrogen-bond acceptors (Lipinski definition) is 3. The van der Waals surface area contributed by atoms with Crippen LogP contribution in [0.1, 0.15) is 45.4 Å². The van der Waals surface area contributed by atoms with E-state index >= 15 is 0 Å². The number of anilines is 1. The predicted molar refractivity (Wildman–Crippen MR) is 89.7 cm³/mol. The van der Waals surface area contributed by atoms with E-state index < -0.39 is 0 Å². The summed E-state index contributed by atoms with van der Waals surface area (Å²) in [6.45, 7) is 11.7. The van der Waals surface area contributed by atoms with Crippen molar-refractivity contribution in [3.05, 3.63) is 41.6 Å². The van der Waals surface area contributed by atoms with Gasteiger partial charge in [0.1, 0.15) is 5.82 Å². The molecule has 0 radical (unpaired) electrons. The van der Waals surface area contributed by atoms with Gasteiger partial charge in [-0.3, -0.25) is 0 Å². The molecule has 1 N–H and O–H groups in total. The minimum atomic E-state index is 0.167. The predicted octanol–water partition coefficient (Wildman–Crippen LogP) is 4.57. The molecule has 0 aliphatic rings. The molecule has 1 heterocycles. The second-order valence-electron chi connectivity index (χ2n) is 6.47. The molecule has 0 bridgehead atoms. The maximum absolute atomic E-state index is 4.61. The van der Waals surface area contributed by atoms with Crippen molar-refractivity contribution in [3.8, 4) is 11.4 Å². The number of nitrogens with zero attached hydrogens (tertiary/aromatic N) is 2. The highest BCUT2D eigenvalue weighted by Crippen LogP contribution is 2.25. The molecule has 0 fully saturated rings. The van der Waals surface area contributed by atoms with Gasteiger partial charge < -0.3 is 5.32 Å².